The van der Waals surface area contributed by atoms with E-state index in [2.05, 4.69) is 10.3 Å². The number of nitrogens with zero attached hydrogens (tertiary/aromatic N) is 2. The van der Waals surface area contributed by atoms with Crippen LogP contribution in [0.15, 0.2) is 42.5 Å². The maximum absolute atomic E-state index is 13.1. The summed E-state index contributed by atoms with van der Waals surface area (Å²) in [5.41, 5.74) is 1.88. The van der Waals surface area contributed by atoms with E-state index in [1.54, 1.807) is 24.1 Å². The van der Waals surface area contributed by atoms with Gasteiger partial charge in [0.15, 0.2) is 5.78 Å². The highest BCUT2D eigenvalue weighted by Crippen LogP contribution is 2.25. The molecular formula is C28H37N3O5. The minimum absolute atomic E-state index is 0.0520. The molecule has 1 aromatic carbocycles. The van der Waals surface area contributed by atoms with Gasteiger partial charge < -0.3 is 19.7 Å². The number of benzene rings is 1. The van der Waals surface area contributed by atoms with Crippen molar-refractivity contribution >= 4 is 17.8 Å². The first-order valence-electron chi connectivity index (χ1n) is 12.5. The fourth-order valence-corrected chi connectivity index (χ4v) is 4.11. The first-order chi connectivity index (χ1) is 17.1. The Morgan fingerprint density at radius 1 is 1.19 bits per heavy atom. The Hall–Kier alpha value is -3.26. The van der Waals surface area contributed by atoms with Gasteiger partial charge in [0.25, 0.3) is 5.91 Å². The molecule has 36 heavy (non-hydrogen) atoms. The molecule has 194 valence electrons. The summed E-state index contributed by atoms with van der Waals surface area (Å²) in [5.74, 6) is -0.454. The van der Waals surface area contributed by atoms with Crippen LogP contribution in [0.4, 0.5) is 4.79 Å². The van der Waals surface area contributed by atoms with E-state index in [9.17, 15) is 14.4 Å². The second-order valence-corrected chi connectivity index (χ2v) is 10.1. The number of carbonyl (C=O) groups excluding carboxylic acids is 3. The molecule has 1 aromatic heterocycles. The average Bonchev–Trinajstić information content (AvgIpc) is 2.87. The molecule has 1 aliphatic heterocycles. The molecule has 1 aliphatic rings. The van der Waals surface area contributed by atoms with Crippen molar-refractivity contribution in [3.8, 4) is 0 Å². The monoisotopic (exact) mass is 495 g/mol. The molecule has 1 saturated heterocycles. The lowest BCUT2D eigenvalue weighted by molar-refractivity contribution is -0.0450. The van der Waals surface area contributed by atoms with Crippen molar-refractivity contribution < 1.29 is 23.9 Å². The predicted octanol–water partition coefficient (Wildman–Crippen LogP) is 4.58. The van der Waals surface area contributed by atoms with Crippen molar-refractivity contribution in [2.75, 3.05) is 26.7 Å². The number of ether oxygens (including phenoxy) is 2. The Bertz CT molecular complexity index is 1060. The molecule has 0 bridgehead atoms. The van der Waals surface area contributed by atoms with Gasteiger partial charge in [-0.25, -0.2) is 9.78 Å². The highest BCUT2D eigenvalue weighted by molar-refractivity contribution is 5.99. The first kappa shape index (κ1) is 27.3. The minimum Gasteiger partial charge on any atom is -0.444 e. The maximum atomic E-state index is 13.1. The quantitative estimate of drug-likeness (QED) is 0.538. The van der Waals surface area contributed by atoms with Crippen molar-refractivity contribution in [2.45, 2.75) is 64.6 Å². The molecular weight excluding hydrogens is 458 g/mol. The number of amides is 2. The lowest BCUT2D eigenvalue weighted by atomic mass is 9.94. The van der Waals surface area contributed by atoms with E-state index < -0.39 is 5.60 Å². The zero-order valence-corrected chi connectivity index (χ0v) is 21.9. The van der Waals surface area contributed by atoms with Gasteiger partial charge in [0.1, 0.15) is 11.3 Å². The molecule has 3 rings (SSSR count). The molecule has 1 N–H and O–H groups in total. The SMILES string of the molecule is CNC(=O)c1cc(C(=O)CCC[C@@H]2CN(C(=O)OC(C)(C)C)CCO2)cc(C(C)c2ccccc2)n1. The summed E-state index contributed by atoms with van der Waals surface area (Å²) >= 11 is 0. The van der Waals surface area contributed by atoms with E-state index in [-0.39, 0.29) is 35.5 Å². The number of morpholine rings is 1. The van der Waals surface area contributed by atoms with Crippen LogP contribution in [0.1, 0.15) is 85.0 Å². The smallest absolute Gasteiger partial charge is 0.410 e. The number of ketones is 1. The number of rotatable bonds is 8. The number of hydrogen-bond donors (Lipinski definition) is 1. The normalized spacial score (nSPS) is 16.8. The van der Waals surface area contributed by atoms with Crippen LogP contribution in [0.25, 0.3) is 0 Å². The summed E-state index contributed by atoms with van der Waals surface area (Å²) < 4.78 is 11.3. The van der Waals surface area contributed by atoms with Gasteiger partial charge in [0.05, 0.1) is 19.3 Å². The number of Topliss-reactive ketones (excluding diaryl/α,β-unsaturated/α-hetero) is 1. The van der Waals surface area contributed by atoms with Crippen molar-refractivity contribution in [3.63, 3.8) is 0 Å². The zero-order valence-electron chi connectivity index (χ0n) is 21.9. The molecule has 0 aliphatic carbocycles. The predicted molar refractivity (Wildman–Crippen MR) is 137 cm³/mol. The molecule has 2 heterocycles. The number of hydrogen-bond acceptors (Lipinski definition) is 6. The lowest BCUT2D eigenvalue weighted by Gasteiger charge is -2.34. The standard InChI is InChI=1S/C28H37N3O5/c1-19(20-10-7-6-8-11-20)23-16-21(17-24(30-23)26(33)29-5)25(32)13-9-12-22-18-31(14-15-35-22)27(34)36-28(2,3)4/h6-8,10-11,16-17,19,22H,9,12-15,18H2,1-5H3,(H,29,33)/t19?,22-/m1/s1. The summed E-state index contributed by atoms with van der Waals surface area (Å²) in [6.45, 7) is 8.91. The number of carbonyl (C=O) groups is 3. The molecule has 0 radical (unpaired) electrons. The zero-order chi connectivity index (χ0) is 26.3. The molecule has 2 amide bonds. The van der Waals surface area contributed by atoms with Crippen LogP contribution in [0.5, 0.6) is 0 Å². The maximum Gasteiger partial charge on any atom is 0.410 e. The van der Waals surface area contributed by atoms with Crippen LogP contribution >= 0.6 is 0 Å². The van der Waals surface area contributed by atoms with Gasteiger partial charge in [-0.3, -0.25) is 9.59 Å². The fourth-order valence-electron chi connectivity index (χ4n) is 4.11. The summed E-state index contributed by atoms with van der Waals surface area (Å²) in [5, 5.41) is 2.60. The molecule has 0 spiro atoms. The van der Waals surface area contributed by atoms with Crippen LogP contribution in [0.2, 0.25) is 0 Å². The van der Waals surface area contributed by atoms with E-state index in [0.717, 1.165) is 5.56 Å². The van der Waals surface area contributed by atoms with Gasteiger partial charge in [-0.1, -0.05) is 37.3 Å². The summed E-state index contributed by atoms with van der Waals surface area (Å²) in [4.78, 5) is 44.0. The Morgan fingerprint density at radius 2 is 1.92 bits per heavy atom. The molecule has 0 saturated carbocycles. The molecule has 1 fully saturated rings. The van der Waals surface area contributed by atoms with E-state index in [4.69, 9.17) is 9.47 Å². The van der Waals surface area contributed by atoms with Crippen molar-refractivity contribution in [2.24, 2.45) is 0 Å². The Kier molecular flexibility index (Phi) is 9.20. The molecule has 2 atom stereocenters. The number of aromatic nitrogens is 1. The minimum atomic E-state index is -0.549. The second-order valence-electron chi connectivity index (χ2n) is 10.1. The van der Waals surface area contributed by atoms with Crippen molar-refractivity contribution in [1.29, 1.82) is 0 Å². The van der Waals surface area contributed by atoms with Gasteiger partial charge >= 0.3 is 6.09 Å². The van der Waals surface area contributed by atoms with Crippen LogP contribution in [0.3, 0.4) is 0 Å². The largest absolute Gasteiger partial charge is 0.444 e. The molecule has 8 nitrogen and oxygen atoms in total. The van der Waals surface area contributed by atoms with E-state index >= 15 is 0 Å². The van der Waals surface area contributed by atoms with Gasteiger partial charge in [0.2, 0.25) is 0 Å². The highest BCUT2D eigenvalue weighted by Gasteiger charge is 2.28. The van der Waals surface area contributed by atoms with Crippen LogP contribution < -0.4 is 5.32 Å². The van der Waals surface area contributed by atoms with Gasteiger partial charge in [-0.15, -0.1) is 0 Å². The Balaban J connectivity index is 1.64. The van der Waals surface area contributed by atoms with Crippen molar-refractivity contribution in [1.82, 2.24) is 15.2 Å². The third-order valence-corrected chi connectivity index (χ3v) is 6.09. The van der Waals surface area contributed by atoms with E-state index in [0.29, 0.717) is 50.2 Å². The van der Waals surface area contributed by atoms with Crippen molar-refractivity contribution in [3.05, 3.63) is 65.0 Å². The molecule has 8 heteroatoms. The topological polar surface area (TPSA) is 97.8 Å². The van der Waals surface area contributed by atoms with Crippen LogP contribution in [-0.2, 0) is 9.47 Å². The average molecular weight is 496 g/mol. The third kappa shape index (κ3) is 7.62. The van der Waals surface area contributed by atoms with Gasteiger partial charge in [-0.05, 0) is 51.3 Å². The van der Waals surface area contributed by atoms with E-state index in [1.165, 1.54) is 0 Å². The summed E-state index contributed by atoms with van der Waals surface area (Å²) in [7, 11) is 1.55. The molecule has 2 aromatic rings. The number of nitrogens with one attached hydrogen (secondary N) is 1. The highest BCUT2D eigenvalue weighted by atomic mass is 16.6. The second kappa shape index (κ2) is 12.1. The summed E-state index contributed by atoms with van der Waals surface area (Å²) in [6, 6.07) is 13.2. The van der Waals surface area contributed by atoms with Gasteiger partial charge in [0, 0.05) is 37.2 Å². The lowest BCUT2D eigenvalue weighted by Crippen LogP contribution is -2.47. The summed E-state index contributed by atoms with van der Waals surface area (Å²) in [6.07, 6.45) is 1.07. The van der Waals surface area contributed by atoms with Crippen LogP contribution in [-0.4, -0.2) is 66.1 Å². The Labute approximate surface area is 213 Å². The fraction of sp³-hybridized carbons (Fsp3) is 0.500. The number of pyridine rings is 1. The van der Waals surface area contributed by atoms with Crippen LogP contribution in [0, 0.1) is 0 Å². The Morgan fingerprint density at radius 3 is 2.58 bits per heavy atom. The van der Waals surface area contributed by atoms with Gasteiger partial charge in [-0.2, -0.15) is 0 Å². The molecule has 1 unspecified atom stereocenters. The van der Waals surface area contributed by atoms with E-state index in [1.807, 2.05) is 58.0 Å². The first-order valence-corrected chi connectivity index (χ1v) is 12.5. The third-order valence-electron chi connectivity index (χ3n) is 6.09.